The van der Waals surface area contributed by atoms with Crippen molar-refractivity contribution in [2.24, 2.45) is 0 Å². The first-order chi connectivity index (χ1) is 16.7. The Bertz CT molecular complexity index is 1250. The van der Waals surface area contributed by atoms with E-state index >= 15 is 0 Å². The summed E-state index contributed by atoms with van der Waals surface area (Å²) in [5, 5.41) is 3.24. The van der Waals surface area contributed by atoms with Crippen molar-refractivity contribution in [3.8, 4) is 23.0 Å². The minimum atomic E-state index is -3.53. The molecule has 0 saturated heterocycles. The lowest BCUT2D eigenvalue weighted by Crippen LogP contribution is -2.31. The Morgan fingerprint density at radius 2 is 1.49 bits per heavy atom. The molecular weight excluding hydrogens is 492 g/mol. The number of hydrogen-bond acceptors (Lipinski definition) is 6. The molecule has 0 bridgehead atoms. The number of rotatable bonds is 11. The van der Waals surface area contributed by atoms with Crippen LogP contribution in [0.1, 0.15) is 12.8 Å². The van der Waals surface area contributed by atoms with Crippen LogP contribution >= 0.6 is 11.6 Å². The van der Waals surface area contributed by atoms with E-state index in [4.69, 9.17) is 25.8 Å². The molecule has 0 spiro atoms. The zero-order valence-electron chi connectivity index (χ0n) is 19.7. The average Bonchev–Trinajstić information content (AvgIpc) is 2.83. The number of amides is 1. The molecule has 35 heavy (non-hydrogen) atoms. The van der Waals surface area contributed by atoms with Crippen molar-refractivity contribution >= 4 is 38.9 Å². The van der Waals surface area contributed by atoms with Crippen LogP contribution < -0.4 is 23.8 Å². The predicted octanol–water partition coefficient (Wildman–Crippen LogP) is 5.33. The van der Waals surface area contributed by atoms with Gasteiger partial charge >= 0.3 is 0 Å². The number of nitrogens with one attached hydrogen (secondary N) is 1. The second-order valence-corrected chi connectivity index (χ2v) is 9.95. The topological polar surface area (TPSA) is 94.2 Å². The van der Waals surface area contributed by atoms with E-state index in [0.29, 0.717) is 45.8 Å². The van der Waals surface area contributed by atoms with Gasteiger partial charge in [0.15, 0.2) is 5.75 Å². The van der Waals surface area contributed by atoms with Gasteiger partial charge < -0.3 is 19.5 Å². The minimum absolute atomic E-state index is 0.0939. The lowest BCUT2D eigenvalue weighted by Gasteiger charge is -2.22. The van der Waals surface area contributed by atoms with Gasteiger partial charge in [0.1, 0.15) is 17.2 Å². The number of anilines is 2. The molecule has 0 saturated carbocycles. The Kier molecular flexibility index (Phi) is 8.84. The SMILES string of the molecule is COc1ccc(Oc2ccc(Cl)cc2NC(=O)CCCN(c2ccc(OC)cc2)S(C)(=O)=O)cc1. The second-order valence-electron chi connectivity index (χ2n) is 7.60. The maximum atomic E-state index is 12.7. The van der Waals surface area contributed by atoms with E-state index in [1.807, 2.05) is 0 Å². The summed E-state index contributed by atoms with van der Waals surface area (Å²) in [7, 11) is -0.417. The molecule has 0 aliphatic heterocycles. The monoisotopic (exact) mass is 518 g/mol. The summed E-state index contributed by atoms with van der Waals surface area (Å²) in [6, 6.07) is 18.6. The van der Waals surface area contributed by atoms with Crippen LogP contribution in [0.3, 0.4) is 0 Å². The van der Waals surface area contributed by atoms with Gasteiger partial charge in [-0.2, -0.15) is 0 Å². The molecule has 3 rings (SSSR count). The highest BCUT2D eigenvalue weighted by atomic mass is 35.5. The molecule has 3 aromatic carbocycles. The standard InChI is InChI=1S/C25H27ClN2O6S/c1-32-20-9-7-19(8-10-20)28(35(3,30)31)16-4-5-25(29)27-23-17-18(26)6-15-24(23)34-22-13-11-21(33-2)12-14-22/h6-15,17H,4-5,16H2,1-3H3,(H,27,29). The molecule has 0 aliphatic carbocycles. The van der Waals surface area contributed by atoms with Gasteiger partial charge in [-0.3, -0.25) is 9.10 Å². The lowest BCUT2D eigenvalue weighted by molar-refractivity contribution is -0.116. The van der Waals surface area contributed by atoms with E-state index in [9.17, 15) is 13.2 Å². The van der Waals surface area contributed by atoms with E-state index in [2.05, 4.69) is 5.32 Å². The van der Waals surface area contributed by atoms with Crippen LogP contribution in [0.15, 0.2) is 66.7 Å². The van der Waals surface area contributed by atoms with E-state index in [0.717, 1.165) is 6.26 Å². The van der Waals surface area contributed by atoms with Crippen molar-refractivity contribution in [2.45, 2.75) is 12.8 Å². The zero-order chi connectivity index (χ0) is 25.4. The highest BCUT2D eigenvalue weighted by Gasteiger charge is 2.18. The Morgan fingerprint density at radius 1 is 0.914 bits per heavy atom. The van der Waals surface area contributed by atoms with Crippen molar-refractivity contribution in [3.63, 3.8) is 0 Å². The maximum absolute atomic E-state index is 12.7. The van der Waals surface area contributed by atoms with Crippen LogP contribution in [0.25, 0.3) is 0 Å². The molecule has 0 fully saturated rings. The second kappa shape index (κ2) is 11.8. The molecule has 1 amide bonds. The fourth-order valence-corrected chi connectivity index (χ4v) is 4.43. The maximum Gasteiger partial charge on any atom is 0.232 e. The average molecular weight is 519 g/mol. The van der Waals surface area contributed by atoms with Gasteiger partial charge in [0, 0.05) is 18.0 Å². The summed E-state index contributed by atoms with van der Waals surface area (Å²) < 4.78 is 42.0. The molecule has 3 aromatic rings. The third-order valence-electron chi connectivity index (χ3n) is 5.03. The highest BCUT2D eigenvalue weighted by Crippen LogP contribution is 2.33. The molecule has 0 heterocycles. The number of benzene rings is 3. The summed E-state index contributed by atoms with van der Waals surface area (Å²) in [5.41, 5.74) is 0.909. The van der Waals surface area contributed by atoms with Gasteiger partial charge in [-0.15, -0.1) is 0 Å². The number of carbonyl (C=O) groups is 1. The van der Waals surface area contributed by atoms with Crippen LogP contribution in [0, 0.1) is 0 Å². The molecule has 8 nitrogen and oxygen atoms in total. The fraction of sp³-hybridized carbons (Fsp3) is 0.240. The van der Waals surface area contributed by atoms with Gasteiger partial charge in [0.2, 0.25) is 15.9 Å². The van der Waals surface area contributed by atoms with E-state index in [1.54, 1.807) is 73.8 Å². The fourth-order valence-electron chi connectivity index (χ4n) is 3.29. The smallest absolute Gasteiger partial charge is 0.232 e. The number of sulfonamides is 1. The Balaban J connectivity index is 1.64. The van der Waals surface area contributed by atoms with E-state index in [-0.39, 0.29) is 18.9 Å². The Hall–Kier alpha value is -3.43. The van der Waals surface area contributed by atoms with Crippen LogP contribution in [-0.4, -0.2) is 41.3 Å². The van der Waals surface area contributed by atoms with Gasteiger partial charge in [0.25, 0.3) is 0 Å². The number of ether oxygens (including phenoxy) is 3. The number of hydrogen-bond donors (Lipinski definition) is 1. The number of carbonyl (C=O) groups excluding carboxylic acids is 1. The summed E-state index contributed by atoms with van der Waals surface area (Å²) in [6.45, 7) is 0.142. The van der Waals surface area contributed by atoms with Gasteiger partial charge in [0.05, 0.1) is 31.9 Å². The molecule has 1 N–H and O–H groups in total. The number of halogens is 1. The normalized spacial score (nSPS) is 11.0. The molecule has 0 atom stereocenters. The molecule has 186 valence electrons. The number of nitrogens with zero attached hydrogens (tertiary/aromatic N) is 1. The molecule has 0 aliphatic rings. The van der Waals surface area contributed by atoms with Gasteiger partial charge in [-0.1, -0.05) is 11.6 Å². The van der Waals surface area contributed by atoms with Crippen molar-refractivity contribution in [1.29, 1.82) is 0 Å². The van der Waals surface area contributed by atoms with Crippen LogP contribution in [0.2, 0.25) is 5.02 Å². The molecule has 0 radical (unpaired) electrons. The largest absolute Gasteiger partial charge is 0.497 e. The van der Waals surface area contributed by atoms with Gasteiger partial charge in [-0.05, 0) is 73.2 Å². The van der Waals surface area contributed by atoms with E-state index in [1.165, 1.54) is 11.4 Å². The van der Waals surface area contributed by atoms with Crippen molar-refractivity contribution in [3.05, 3.63) is 71.8 Å². The summed E-state index contributed by atoms with van der Waals surface area (Å²) >= 11 is 6.12. The minimum Gasteiger partial charge on any atom is -0.497 e. The Morgan fingerprint density at radius 3 is 2.06 bits per heavy atom. The van der Waals surface area contributed by atoms with Gasteiger partial charge in [-0.25, -0.2) is 8.42 Å². The third-order valence-corrected chi connectivity index (χ3v) is 6.46. The van der Waals surface area contributed by atoms with Crippen molar-refractivity contribution in [2.75, 3.05) is 36.6 Å². The van der Waals surface area contributed by atoms with Crippen molar-refractivity contribution < 1.29 is 27.4 Å². The van der Waals surface area contributed by atoms with Crippen LogP contribution in [0.4, 0.5) is 11.4 Å². The molecule has 0 unspecified atom stereocenters. The first kappa shape index (κ1) is 26.2. The highest BCUT2D eigenvalue weighted by molar-refractivity contribution is 7.92. The van der Waals surface area contributed by atoms with Crippen LogP contribution in [-0.2, 0) is 14.8 Å². The first-order valence-electron chi connectivity index (χ1n) is 10.7. The quantitative estimate of drug-likeness (QED) is 0.368. The van der Waals surface area contributed by atoms with Crippen LogP contribution in [0.5, 0.6) is 23.0 Å². The van der Waals surface area contributed by atoms with E-state index < -0.39 is 10.0 Å². The summed E-state index contributed by atoms with van der Waals surface area (Å²) in [5.74, 6) is 2.00. The summed E-state index contributed by atoms with van der Waals surface area (Å²) in [4.78, 5) is 12.7. The molecule has 10 heteroatoms. The molecule has 0 aromatic heterocycles. The molecular formula is C25H27ClN2O6S. The Labute approximate surface area is 210 Å². The predicted molar refractivity (Wildman–Crippen MR) is 138 cm³/mol. The summed E-state index contributed by atoms with van der Waals surface area (Å²) in [6.07, 6.45) is 1.53. The number of methoxy groups -OCH3 is 2. The van der Waals surface area contributed by atoms with Crippen molar-refractivity contribution in [1.82, 2.24) is 0 Å². The zero-order valence-corrected chi connectivity index (χ0v) is 21.2. The lowest BCUT2D eigenvalue weighted by atomic mass is 10.2. The third kappa shape index (κ3) is 7.53. The first-order valence-corrected chi connectivity index (χ1v) is 13.0.